The number of H-pyrrole nitrogens is 1. The highest BCUT2D eigenvalue weighted by atomic mass is 127. The number of rotatable bonds is 4. The molecule has 0 aliphatic carbocycles. The first kappa shape index (κ1) is 13.3. The highest BCUT2D eigenvalue weighted by molar-refractivity contribution is 14.1. The molecule has 0 spiro atoms. The lowest BCUT2D eigenvalue weighted by atomic mass is 10.5. The van der Waals surface area contributed by atoms with Crippen molar-refractivity contribution in [2.45, 2.75) is 18.4 Å². The van der Waals surface area contributed by atoms with Gasteiger partial charge in [0.2, 0.25) is 0 Å². The molecule has 0 aliphatic heterocycles. The van der Waals surface area contributed by atoms with Crippen LogP contribution < -0.4 is 4.72 Å². The highest BCUT2D eigenvalue weighted by Gasteiger charge is 2.17. The monoisotopic (exact) mass is 378 g/mol. The van der Waals surface area contributed by atoms with E-state index in [1.807, 2.05) is 6.92 Å². The Hall–Kier alpha value is -1.16. The molecule has 2 heterocycles. The third-order valence-corrected chi connectivity index (χ3v) is 4.10. The SMILES string of the molecule is CCc1ncc(S(=O)(=O)Nc2ccc(I)cn2)[nH]1. The fourth-order valence-corrected chi connectivity index (χ4v) is 2.56. The van der Waals surface area contributed by atoms with Crippen molar-refractivity contribution in [3.8, 4) is 0 Å². The van der Waals surface area contributed by atoms with E-state index in [9.17, 15) is 8.42 Å². The molecule has 2 aromatic heterocycles. The number of hydrogen-bond acceptors (Lipinski definition) is 4. The molecule has 0 atom stereocenters. The number of hydrogen-bond donors (Lipinski definition) is 2. The van der Waals surface area contributed by atoms with Crippen molar-refractivity contribution in [2.75, 3.05) is 4.72 Å². The van der Waals surface area contributed by atoms with Gasteiger partial charge in [0.05, 0.1) is 6.20 Å². The standard InChI is InChI=1S/C10H11IN4O2S/c1-2-8-13-6-10(14-8)18(16,17)15-9-4-3-7(11)5-12-9/h3-6H,2H2,1H3,(H,12,15)(H,13,14). The molecule has 0 aliphatic rings. The zero-order chi connectivity index (χ0) is 13.2. The van der Waals surface area contributed by atoms with Crippen LogP contribution in [0.5, 0.6) is 0 Å². The summed E-state index contributed by atoms with van der Waals surface area (Å²) < 4.78 is 27.3. The van der Waals surface area contributed by atoms with E-state index >= 15 is 0 Å². The Labute approximate surface area is 118 Å². The van der Waals surface area contributed by atoms with Crippen LogP contribution >= 0.6 is 22.6 Å². The molecule has 0 fully saturated rings. The maximum atomic E-state index is 12.0. The summed E-state index contributed by atoms with van der Waals surface area (Å²) in [6.45, 7) is 1.89. The van der Waals surface area contributed by atoms with E-state index in [0.29, 0.717) is 12.2 Å². The lowest BCUT2D eigenvalue weighted by Gasteiger charge is -2.04. The summed E-state index contributed by atoms with van der Waals surface area (Å²) in [5, 5.41) is 0.0414. The van der Waals surface area contributed by atoms with Crippen LogP contribution in [-0.4, -0.2) is 23.4 Å². The third kappa shape index (κ3) is 2.99. The minimum Gasteiger partial charge on any atom is -0.332 e. The van der Waals surface area contributed by atoms with Gasteiger partial charge in [0.25, 0.3) is 10.0 Å². The molecule has 96 valence electrons. The Morgan fingerprint density at radius 3 is 2.67 bits per heavy atom. The van der Waals surface area contributed by atoms with Crippen LogP contribution in [-0.2, 0) is 16.4 Å². The zero-order valence-corrected chi connectivity index (χ0v) is 12.5. The van der Waals surface area contributed by atoms with Crippen molar-refractivity contribution in [3.05, 3.63) is 33.9 Å². The topological polar surface area (TPSA) is 87.7 Å². The van der Waals surface area contributed by atoms with Crippen LogP contribution in [0.15, 0.2) is 29.6 Å². The largest absolute Gasteiger partial charge is 0.332 e. The molecule has 0 bridgehead atoms. The van der Waals surface area contributed by atoms with E-state index in [4.69, 9.17) is 0 Å². The number of halogens is 1. The van der Waals surface area contributed by atoms with Gasteiger partial charge in [-0.1, -0.05) is 6.92 Å². The Kier molecular flexibility index (Phi) is 3.85. The molecule has 8 heteroatoms. The first-order valence-corrected chi connectivity index (χ1v) is 7.75. The second-order valence-electron chi connectivity index (χ2n) is 3.51. The van der Waals surface area contributed by atoms with E-state index in [0.717, 1.165) is 3.57 Å². The van der Waals surface area contributed by atoms with E-state index in [-0.39, 0.29) is 10.8 Å². The van der Waals surface area contributed by atoms with Crippen molar-refractivity contribution >= 4 is 38.4 Å². The number of aromatic amines is 1. The zero-order valence-electron chi connectivity index (χ0n) is 9.51. The van der Waals surface area contributed by atoms with Gasteiger partial charge in [-0.05, 0) is 34.7 Å². The van der Waals surface area contributed by atoms with E-state index in [1.54, 1.807) is 18.3 Å². The van der Waals surface area contributed by atoms with Gasteiger partial charge in [0, 0.05) is 16.2 Å². The number of pyridine rings is 1. The number of sulfonamides is 1. The molecule has 2 aromatic rings. The first-order chi connectivity index (χ1) is 8.51. The number of aryl methyl sites for hydroxylation is 1. The number of aromatic nitrogens is 3. The van der Waals surface area contributed by atoms with Gasteiger partial charge in [-0.25, -0.2) is 9.97 Å². The number of nitrogens with zero attached hydrogens (tertiary/aromatic N) is 2. The summed E-state index contributed by atoms with van der Waals surface area (Å²) in [5.74, 6) is 0.911. The normalized spacial score (nSPS) is 11.4. The van der Waals surface area contributed by atoms with Crippen LogP contribution in [0.2, 0.25) is 0 Å². The van der Waals surface area contributed by atoms with Crippen LogP contribution in [0.1, 0.15) is 12.7 Å². The Morgan fingerprint density at radius 1 is 1.33 bits per heavy atom. The van der Waals surface area contributed by atoms with Gasteiger partial charge < -0.3 is 4.98 Å². The molecule has 0 saturated heterocycles. The predicted molar refractivity (Wildman–Crippen MR) is 75.7 cm³/mol. The quantitative estimate of drug-likeness (QED) is 0.794. The van der Waals surface area contributed by atoms with Gasteiger partial charge >= 0.3 is 0 Å². The van der Waals surface area contributed by atoms with Gasteiger partial charge in [-0.3, -0.25) is 4.72 Å². The Morgan fingerprint density at radius 2 is 2.11 bits per heavy atom. The van der Waals surface area contributed by atoms with Crippen LogP contribution in [0.25, 0.3) is 0 Å². The minimum atomic E-state index is -3.65. The van der Waals surface area contributed by atoms with Gasteiger partial charge in [0.15, 0.2) is 5.03 Å². The molecule has 0 amide bonds. The highest BCUT2D eigenvalue weighted by Crippen LogP contribution is 2.13. The average Bonchev–Trinajstić information content (AvgIpc) is 2.81. The smallest absolute Gasteiger partial charge is 0.280 e. The fraction of sp³-hybridized carbons (Fsp3) is 0.200. The molecule has 18 heavy (non-hydrogen) atoms. The van der Waals surface area contributed by atoms with Crippen LogP contribution in [0.3, 0.4) is 0 Å². The third-order valence-electron chi connectivity index (χ3n) is 2.20. The average molecular weight is 378 g/mol. The molecule has 6 nitrogen and oxygen atoms in total. The van der Waals surface area contributed by atoms with Crippen molar-refractivity contribution in [1.29, 1.82) is 0 Å². The summed E-state index contributed by atoms with van der Waals surface area (Å²) in [6, 6.07) is 3.38. The first-order valence-electron chi connectivity index (χ1n) is 5.19. The molecular formula is C10H11IN4O2S. The fourth-order valence-electron chi connectivity index (χ4n) is 1.29. The predicted octanol–water partition coefficient (Wildman–Crippen LogP) is 1.77. The van der Waals surface area contributed by atoms with Gasteiger partial charge in [-0.2, -0.15) is 8.42 Å². The lowest BCUT2D eigenvalue weighted by molar-refractivity contribution is 0.597. The minimum absolute atomic E-state index is 0.0414. The van der Waals surface area contributed by atoms with Crippen LogP contribution in [0.4, 0.5) is 5.82 Å². The lowest BCUT2D eigenvalue weighted by Crippen LogP contribution is -2.14. The molecular weight excluding hydrogens is 367 g/mol. The van der Waals surface area contributed by atoms with Gasteiger partial charge in [-0.15, -0.1) is 0 Å². The molecule has 0 saturated carbocycles. The molecule has 0 unspecified atom stereocenters. The van der Waals surface area contributed by atoms with Crippen molar-refractivity contribution in [2.24, 2.45) is 0 Å². The van der Waals surface area contributed by atoms with E-state index < -0.39 is 10.0 Å². The maximum absolute atomic E-state index is 12.0. The second-order valence-corrected chi connectivity index (χ2v) is 6.41. The molecule has 2 rings (SSSR count). The molecule has 0 aromatic carbocycles. The summed E-state index contributed by atoms with van der Waals surface area (Å²) >= 11 is 2.10. The van der Waals surface area contributed by atoms with E-state index in [1.165, 1.54) is 6.20 Å². The Balaban J connectivity index is 2.24. The Bertz CT molecular complexity index is 636. The summed E-state index contributed by atoms with van der Waals surface area (Å²) in [5.41, 5.74) is 0. The maximum Gasteiger partial charge on any atom is 0.280 e. The molecule has 2 N–H and O–H groups in total. The summed E-state index contributed by atoms with van der Waals surface area (Å²) in [7, 11) is -3.65. The molecule has 0 radical (unpaired) electrons. The number of imidazole rings is 1. The van der Waals surface area contributed by atoms with Crippen LogP contribution in [0, 0.1) is 3.57 Å². The van der Waals surface area contributed by atoms with Gasteiger partial charge in [0.1, 0.15) is 11.6 Å². The number of anilines is 1. The summed E-state index contributed by atoms with van der Waals surface area (Å²) in [6.07, 6.45) is 3.54. The van der Waals surface area contributed by atoms with Crippen molar-refractivity contribution < 1.29 is 8.42 Å². The second kappa shape index (κ2) is 5.22. The van der Waals surface area contributed by atoms with Crippen molar-refractivity contribution in [3.63, 3.8) is 0 Å². The van der Waals surface area contributed by atoms with Crippen molar-refractivity contribution in [1.82, 2.24) is 15.0 Å². The summed E-state index contributed by atoms with van der Waals surface area (Å²) in [4.78, 5) is 10.7. The number of nitrogens with one attached hydrogen (secondary N) is 2. The van der Waals surface area contributed by atoms with E-state index in [2.05, 4.69) is 42.3 Å².